The van der Waals surface area contributed by atoms with Crippen LogP contribution in [0.4, 0.5) is 0 Å². The number of carbonyl (C=O) groups excluding carboxylic acids is 2. The first-order valence-corrected chi connectivity index (χ1v) is 7.70. The lowest BCUT2D eigenvalue weighted by atomic mass is 10.0. The highest BCUT2D eigenvalue weighted by molar-refractivity contribution is 6.35. The zero-order chi connectivity index (χ0) is 16.8. The fourth-order valence-electron chi connectivity index (χ4n) is 2.30. The molecular formula is C18H22N2O3. The average Bonchev–Trinajstić information content (AvgIpc) is 2.56. The van der Waals surface area contributed by atoms with E-state index in [1.54, 1.807) is 0 Å². The molecule has 23 heavy (non-hydrogen) atoms. The molecule has 0 aromatic heterocycles. The van der Waals surface area contributed by atoms with Crippen LogP contribution in [0.5, 0.6) is 0 Å². The van der Waals surface area contributed by atoms with E-state index in [2.05, 4.69) is 10.6 Å². The Bertz CT molecular complexity index is 692. The van der Waals surface area contributed by atoms with Gasteiger partial charge in [-0.25, -0.2) is 0 Å². The van der Waals surface area contributed by atoms with E-state index in [-0.39, 0.29) is 12.5 Å². The SMILES string of the molecule is CC(C)CNC(=O)C(=O)NCC(O)c1cccc2ccccc12. The Hall–Kier alpha value is -2.40. The first-order chi connectivity index (χ1) is 11.0. The molecule has 0 radical (unpaired) electrons. The van der Waals surface area contributed by atoms with E-state index in [0.717, 1.165) is 16.3 Å². The molecule has 0 saturated carbocycles. The minimum Gasteiger partial charge on any atom is -0.387 e. The maximum Gasteiger partial charge on any atom is 0.309 e. The summed E-state index contributed by atoms with van der Waals surface area (Å²) in [6, 6.07) is 13.4. The quantitative estimate of drug-likeness (QED) is 0.736. The maximum absolute atomic E-state index is 11.7. The van der Waals surface area contributed by atoms with Gasteiger partial charge in [0.25, 0.3) is 0 Å². The fourth-order valence-corrected chi connectivity index (χ4v) is 2.30. The van der Waals surface area contributed by atoms with E-state index in [0.29, 0.717) is 6.54 Å². The van der Waals surface area contributed by atoms with Crippen LogP contribution < -0.4 is 10.6 Å². The van der Waals surface area contributed by atoms with Crippen molar-refractivity contribution in [1.29, 1.82) is 0 Å². The fraction of sp³-hybridized carbons (Fsp3) is 0.333. The molecule has 5 nitrogen and oxygen atoms in total. The second kappa shape index (κ2) is 7.74. The Morgan fingerprint density at radius 1 is 0.957 bits per heavy atom. The summed E-state index contributed by atoms with van der Waals surface area (Å²) in [4.78, 5) is 23.3. The van der Waals surface area contributed by atoms with Crippen molar-refractivity contribution in [2.24, 2.45) is 5.92 Å². The molecule has 3 N–H and O–H groups in total. The van der Waals surface area contributed by atoms with Gasteiger partial charge in [-0.15, -0.1) is 0 Å². The van der Waals surface area contributed by atoms with Gasteiger partial charge in [0.2, 0.25) is 0 Å². The lowest BCUT2D eigenvalue weighted by Crippen LogP contribution is -2.42. The van der Waals surface area contributed by atoms with Crippen LogP contribution in [-0.4, -0.2) is 30.0 Å². The van der Waals surface area contributed by atoms with E-state index in [1.807, 2.05) is 56.3 Å². The molecule has 0 saturated heterocycles. The van der Waals surface area contributed by atoms with Gasteiger partial charge in [0.15, 0.2) is 0 Å². The van der Waals surface area contributed by atoms with Crippen molar-refractivity contribution < 1.29 is 14.7 Å². The predicted octanol–water partition coefficient (Wildman–Crippen LogP) is 1.76. The van der Waals surface area contributed by atoms with Crippen molar-refractivity contribution >= 4 is 22.6 Å². The number of rotatable bonds is 5. The minimum atomic E-state index is -0.872. The van der Waals surface area contributed by atoms with E-state index in [4.69, 9.17) is 0 Å². The molecule has 0 aliphatic carbocycles. The number of hydrogen-bond donors (Lipinski definition) is 3. The second-order valence-corrected chi connectivity index (χ2v) is 5.90. The average molecular weight is 314 g/mol. The summed E-state index contributed by atoms with van der Waals surface area (Å²) in [5.41, 5.74) is 0.728. The molecule has 0 aliphatic heterocycles. The van der Waals surface area contributed by atoms with Gasteiger partial charge in [-0.2, -0.15) is 0 Å². The summed E-state index contributed by atoms with van der Waals surface area (Å²) in [5.74, 6) is -1.14. The summed E-state index contributed by atoms with van der Waals surface area (Å²) >= 11 is 0. The first kappa shape index (κ1) is 17.0. The van der Waals surface area contributed by atoms with Crippen LogP contribution in [0, 0.1) is 5.92 Å². The molecule has 0 fully saturated rings. The van der Waals surface area contributed by atoms with Crippen LogP contribution in [0.2, 0.25) is 0 Å². The maximum atomic E-state index is 11.7. The van der Waals surface area contributed by atoms with E-state index in [1.165, 1.54) is 0 Å². The molecule has 2 aromatic rings. The highest BCUT2D eigenvalue weighted by atomic mass is 16.3. The largest absolute Gasteiger partial charge is 0.387 e. The van der Waals surface area contributed by atoms with Gasteiger partial charge in [0.05, 0.1) is 6.10 Å². The topological polar surface area (TPSA) is 78.4 Å². The molecule has 1 unspecified atom stereocenters. The number of aliphatic hydroxyl groups excluding tert-OH is 1. The summed E-state index contributed by atoms with van der Waals surface area (Å²) < 4.78 is 0. The van der Waals surface area contributed by atoms with Gasteiger partial charge in [-0.05, 0) is 22.3 Å². The third kappa shape index (κ3) is 4.53. The highest BCUT2D eigenvalue weighted by Gasteiger charge is 2.16. The lowest BCUT2D eigenvalue weighted by molar-refractivity contribution is -0.139. The van der Waals surface area contributed by atoms with Crippen LogP contribution >= 0.6 is 0 Å². The summed E-state index contributed by atoms with van der Waals surface area (Å²) in [5, 5.41) is 17.3. The highest BCUT2D eigenvalue weighted by Crippen LogP contribution is 2.23. The molecule has 2 aromatic carbocycles. The second-order valence-electron chi connectivity index (χ2n) is 5.90. The smallest absolute Gasteiger partial charge is 0.309 e. The molecule has 122 valence electrons. The predicted molar refractivity (Wildman–Crippen MR) is 89.8 cm³/mol. The third-order valence-electron chi connectivity index (χ3n) is 3.52. The Labute approximate surface area is 135 Å². The van der Waals surface area contributed by atoms with E-state index < -0.39 is 17.9 Å². The van der Waals surface area contributed by atoms with E-state index in [9.17, 15) is 14.7 Å². The van der Waals surface area contributed by atoms with Crippen LogP contribution in [0.15, 0.2) is 42.5 Å². The van der Waals surface area contributed by atoms with Gasteiger partial charge in [-0.1, -0.05) is 56.3 Å². The molecule has 2 amide bonds. The first-order valence-electron chi connectivity index (χ1n) is 7.70. The number of benzene rings is 2. The monoisotopic (exact) mass is 314 g/mol. The summed E-state index contributed by atoms with van der Waals surface area (Å²) in [6.07, 6.45) is -0.872. The molecule has 5 heteroatoms. The number of fused-ring (bicyclic) bond motifs is 1. The molecular weight excluding hydrogens is 292 g/mol. The summed E-state index contributed by atoms with van der Waals surface area (Å²) in [6.45, 7) is 4.32. The summed E-state index contributed by atoms with van der Waals surface area (Å²) in [7, 11) is 0. The van der Waals surface area contributed by atoms with Crippen LogP contribution in [0.25, 0.3) is 10.8 Å². The zero-order valence-electron chi connectivity index (χ0n) is 13.4. The van der Waals surface area contributed by atoms with Crippen molar-refractivity contribution in [3.05, 3.63) is 48.0 Å². The van der Waals surface area contributed by atoms with Crippen LogP contribution in [0.1, 0.15) is 25.5 Å². The number of nitrogens with one attached hydrogen (secondary N) is 2. The molecule has 0 bridgehead atoms. The molecule has 1 atom stereocenters. The van der Waals surface area contributed by atoms with Gasteiger partial charge >= 0.3 is 11.8 Å². The number of amides is 2. The number of carbonyl (C=O) groups is 2. The van der Waals surface area contributed by atoms with Crippen molar-refractivity contribution in [3.8, 4) is 0 Å². The molecule has 0 spiro atoms. The zero-order valence-corrected chi connectivity index (χ0v) is 13.4. The lowest BCUT2D eigenvalue weighted by Gasteiger charge is -2.15. The van der Waals surface area contributed by atoms with Gasteiger partial charge < -0.3 is 15.7 Å². The van der Waals surface area contributed by atoms with Gasteiger partial charge in [-0.3, -0.25) is 9.59 Å². The van der Waals surface area contributed by atoms with Crippen LogP contribution in [0.3, 0.4) is 0 Å². The standard InChI is InChI=1S/C18H22N2O3/c1-12(2)10-19-17(22)18(23)20-11-16(21)15-9-5-7-13-6-3-4-8-14(13)15/h3-9,12,16,21H,10-11H2,1-2H3,(H,19,22)(H,20,23). The minimum absolute atomic E-state index is 0.0120. The molecule has 0 aliphatic rings. The van der Waals surface area contributed by atoms with Crippen LogP contribution in [-0.2, 0) is 9.59 Å². The van der Waals surface area contributed by atoms with Gasteiger partial charge in [0.1, 0.15) is 0 Å². The third-order valence-corrected chi connectivity index (χ3v) is 3.52. The van der Waals surface area contributed by atoms with E-state index >= 15 is 0 Å². The normalized spacial score (nSPS) is 12.2. The molecule has 0 heterocycles. The number of hydrogen-bond acceptors (Lipinski definition) is 3. The Balaban J connectivity index is 1.97. The Morgan fingerprint density at radius 3 is 2.26 bits per heavy atom. The molecule has 2 rings (SSSR count). The Kier molecular flexibility index (Phi) is 5.71. The van der Waals surface area contributed by atoms with Gasteiger partial charge in [0, 0.05) is 13.1 Å². The van der Waals surface area contributed by atoms with Crippen molar-refractivity contribution in [1.82, 2.24) is 10.6 Å². The number of aliphatic hydroxyl groups is 1. The Morgan fingerprint density at radius 2 is 1.57 bits per heavy atom. The van der Waals surface area contributed by atoms with Crippen molar-refractivity contribution in [2.45, 2.75) is 20.0 Å². The van der Waals surface area contributed by atoms with Crippen molar-refractivity contribution in [3.63, 3.8) is 0 Å². The van der Waals surface area contributed by atoms with Crippen molar-refractivity contribution in [2.75, 3.05) is 13.1 Å².